The summed E-state index contributed by atoms with van der Waals surface area (Å²) in [4.78, 5) is 25.2. The van der Waals surface area contributed by atoms with Crippen molar-refractivity contribution in [3.63, 3.8) is 0 Å². The number of carbonyl (C=O) groups excluding carboxylic acids is 1. The van der Waals surface area contributed by atoms with Gasteiger partial charge in [0.05, 0.1) is 17.9 Å². The minimum atomic E-state index is -1.79. The van der Waals surface area contributed by atoms with Crippen molar-refractivity contribution >= 4 is 34.5 Å². The van der Waals surface area contributed by atoms with Crippen molar-refractivity contribution in [2.24, 2.45) is 0 Å². The molecule has 0 spiro atoms. The van der Waals surface area contributed by atoms with Crippen molar-refractivity contribution in [2.75, 3.05) is 43.0 Å². The van der Waals surface area contributed by atoms with E-state index in [9.17, 15) is 14.5 Å². The number of hydrogen-bond donors (Lipinski definition) is 2. The molecule has 1 saturated heterocycles. The number of piperazine rings is 1. The monoisotopic (exact) mass is 443 g/mol. The van der Waals surface area contributed by atoms with Crippen LogP contribution in [0.3, 0.4) is 0 Å². The molecule has 1 unspecified atom stereocenters. The number of phenolic OH excluding ortho intramolecular Hbond substituents is 1. The number of para-hydroxylation sites is 1. The second-order valence-corrected chi connectivity index (χ2v) is 7.48. The number of hydrogen-bond acceptors (Lipinski definition) is 10. The second kappa shape index (κ2) is 9.10. The summed E-state index contributed by atoms with van der Waals surface area (Å²) in [5.41, 5.74) is 0.399. The van der Waals surface area contributed by atoms with Gasteiger partial charge >= 0.3 is 5.88 Å². The van der Waals surface area contributed by atoms with E-state index in [1.807, 2.05) is 4.90 Å². The number of nitrogens with zero attached hydrogens (tertiary/aromatic N) is 6. The fraction of sp³-hybridized carbons (Fsp3) is 0.316. The van der Waals surface area contributed by atoms with Gasteiger partial charge in [0.2, 0.25) is 5.95 Å². The van der Waals surface area contributed by atoms with E-state index in [1.165, 1.54) is 0 Å². The Morgan fingerprint density at radius 1 is 1.19 bits per heavy atom. The smallest absolute Gasteiger partial charge is 0.318 e. The van der Waals surface area contributed by atoms with Gasteiger partial charge in [0.25, 0.3) is 11.7 Å². The van der Waals surface area contributed by atoms with Gasteiger partial charge in [0, 0.05) is 47.3 Å². The van der Waals surface area contributed by atoms with Crippen LogP contribution in [0, 0.1) is 0 Å². The number of ether oxygens (including phenoxy) is 1. The third-order valence-electron chi connectivity index (χ3n) is 4.74. The number of rotatable bonds is 6. The van der Waals surface area contributed by atoms with Crippen LogP contribution in [0.15, 0.2) is 36.7 Å². The lowest BCUT2D eigenvalue weighted by molar-refractivity contribution is 0.0743. The van der Waals surface area contributed by atoms with E-state index in [4.69, 9.17) is 4.74 Å². The van der Waals surface area contributed by atoms with Crippen LogP contribution in [-0.2, 0) is 0 Å². The first-order valence-electron chi connectivity index (χ1n) is 9.69. The largest absolute Gasteiger partial charge is 0.546 e. The first kappa shape index (κ1) is 20.8. The Bertz CT molecular complexity index is 1050. The summed E-state index contributed by atoms with van der Waals surface area (Å²) in [7, 11) is 0. The van der Waals surface area contributed by atoms with E-state index in [2.05, 4.69) is 24.0 Å². The number of aromatic nitrogens is 4. The van der Waals surface area contributed by atoms with Crippen molar-refractivity contribution in [3.05, 3.63) is 42.2 Å². The second-order valence-electron chi connectivity index (χ2n) is 6.65. The number of carbonyl (C=O) groups is 1. The zero-order valence-corrected chi connectivity index (χ0v) is 17.6. The predicted octanol–water partition coefficient (Wildman–Crippen LogP) is 1.80. The first-order chi connectivity index (χ1) is 15.1. The highest BCUT2D eigenvalue weighted by Gasteiger charge is 2.26. The van der Waals surface area contributed by atoms with Gasteiger partial charge in [-0.25, -0.2) is 9.97 Å². The Labute approximate surface area is 181 Å². The predicted molar refractivity (Wildman–Crippen MR) is 113 cm³/mol. The number of aromatic hydroxyl groups is 1. The van der Waals surface area contributed by atoms with Gasteiger partial charge in [-0.05, 0) is 25.1 Å². The molecule has 0 radical (unpaired) electrons. The lowest BCUT2D eigenvalue weighted by Gasteiger charge is -2.34. The van der Waals surface area contributed by atoms with Crippen LogP contribution >= 0.6 is 11.1 Å². The van der Waals surface area contributed by atoms with E-state index in [1.54, 1.807) is 48.5 Å². The number of amides is 1. The highest BCUT2D eigenvalue weighted by molar-refractivity contribution is 7.14. The van der Waals surface area contributed by atoms with Crippen LogP contribution in [0.25, 0.3) is 0 Å². The van der Waals surface area contributed by atoms with Crippen LogP contribution in [0.2, 0.25) is 0 Å². The molecule has 1 amide bonds. The number of benzene rings is 1. The molecule has 0 bridgehead atoms. The summed E-state index contributed by atoms with van der Waals surface area (Å²) >= 11 is -1.79. The van der Waals surface area contributed by atoms with E-state index in [0.29, 0.717) is 38.7 Å². The van der Waals surface area contributed by atoms with E-state index in [-0.39, 0.29) is 34.6 Å². The summed E-state index contributed by atoms with van der Waals surface area (Å²) in [5.74, 6) is 0.348. The van der Waals surface area contributed by atoms with Crippen LogP contribution < -0.4 is 15.0 Å². The van der Waals surface area contributed by atoms with E-state index in [0.717, 1.165) is 0 Å². The quantitative estimate of drug-likeness (QED) is 0.428. The summed E-state index contributed by atoms with van der Waals surface area (Å²) in [6, 6.07) is 6.55. The molecular formula is C19H21N7O4S. The van der Waals surface area contributed by atoms with Gasteiger partial charge in [-0.3, -0.25) is 4.79 Å². The van der Waals surface area contributed by atoms with Crippen molar-refractivity contribution < 1.29 is 19.2 Å². The molecule has 12 heteroatoms. The van der Waals surface area contributed by atoms with Crippen LogP contribution in [0.1, 0.15) is 17.3 Å². The Morgan fingerprint density at radius 3 is 2.65 bits per heavy atom. The fourth-order valence-electron chi connectivity index (χ4n) is 3.24. The molecule has 31 heavy (non-hydrogen) atoms. The van der Waals surface area contributed by atoms with Crippen molar-refractivity contribution in [1.82, 2.24) is 23.6 Å². The minimum Gasteiger partial charge on any atom is -0.546 e. The lowest BCUT2D eigenvalue weighted by atomic mass is 10.1. The van der Waals surface area contributed by atoms with Crippen molar-refractivity contribution in [2.45, 2.75) is 6.92 Å². The van der Waals surface area contributed by atoms with Crippen LogP contribution in [-0.4, -0.2) is 72.0 Å². The minimum absolute atomic E-state index is 0.0937. The van der Waals surface area contributed by atoms with Crippen LogP contribution in [0.5, 0.6) is 11.6 Å². The highest BCUT2D eigenvalue weighted by Crippen LogP contribution is 2.34. The molecule has 1 aliphatic heterocycles. The molecule has 2 aromatic heterocycles. The number of anilines is 3. The normalized spacial score (nSPS) is 14.5. The Morgan fingerprint density at radius 2 is 1.94 bits per heavy atom. The summed E-state index contributed by atoms with van der Waals surface area (Å²) in [5, 5.41) is 13.6. The summed E-state index contributed by atoms with van der Waals surface area (Å²) in [6.07, 6.45) is 3.37. The molecule has 0 saturated carbocycles. The molecule has 1 aromatic carbocycles. The Hall–Kier alpha value is -3.51. The van der Waals surface area contributed by atoms with Crippen LogP contribution in [0.4, 0.5) is 17.5 Å². The third-order valence-corrected chi connectivity index (χ3v) is 5.40. The molecular weight excluding hydrogens is 422 g/mol. The SMILES string of the molecule is CCOc1n[s+]([O-])nc1Nc1cccc(C(=O)N2CCN(c3ncccn3)CC2)c1O. The maximum atomic E-state index is 13.0. The summed E-state index contributed by atoms with van der Waals surface area (Å²) < 4.78 is 24.5. The molecule has 3 heterocycles. The molecule has 0 aliphatic carbocycles. The van der Waals surface area contributed by atoms with E-state index >= 15 is 0 Å². The maximum absolute atomic E-state index is 13.0. The molecule has 2 N–H and O–H groups in total. The Balaban J connectivity index is 1.47. The van der Waals surface area contributed by atoms with Gasteiger partial charge < -0.3 is 29.5 Å². The molecule has 162 valence electrons. The average Bonchev–Trinajstić information content (AvgIpc) is 3.14. The molecule has 1 aliphatic rings. The van der Waals surface area contributed by atoms with E-state index < -0.39 is 11.1 Å². The molecule has 3 aromatic rings. The highest BCUT2D eigenvalue weighted by atomic mass is 32.2. The van der Waals surface area contributed by atoms with Gasteiger partial charge in [-0.15, -0.1) is 0 Å². The lowest BCUT2D eigenvalue weighted by Crippen LogP contribution is -2.49. The van der Waals surface area contributed by atoms with Crippen molar-refractivity contribution in [1.29, 1.82) is 0 Å². The Kier molecular flexibility index (Phi) is 6.09. The zero-order chi connectivity index (χ0) is 21.8. The van der Waals surface area contributed by atoms with Gasteiger partial charge in [0.15, 0.2) is 16.9 Å². The summed E-state index contributed by atoms with van der Waals surface area (Å²) in [6.45, 7) is 4.21. The molecule has 1 atom stereocenters. The fourth-order valence-corrected chi connectivity index (χ4v) is 3.84. The van der Waals surface area contributed by atoms with Crippen molar-refractivity contribution in [3.8, 4) is 11.6 Å². The maximum Gasteiger partial charge on any atom is 0.318 e. The molecule has 11 nitrogen and oxygen atoms in total. The number of nitrogens with one attached hydrogen (secondary N) is 1. The zero-order valence-electron chi connectivity index (χ0n) is 16.8. The van der Waals surface area contributed by atoms with Gasteiger partial charge in [-0.1, -0.05) is 6.07 Å². The van der Waals surface area contributed by atoms with Gasteiger partial charge in [-0.2, -0.15) is 0 Å². The average molecular weight is 443 g/mol. The topological polar surface area (TPSA) is 140 Å². The standard InChI is InChI=1S/C19H21N7O4S/c1-2-30-17-16(23-31(29)24-17)22-14-6-3-5-13(15(14)27)18(28)25-9-11-26(12-10-25)19-20-7-4-8-21-19/h3-8,27H,2,9-12H2,1H3,(H,22,23). The molecule has 1 fully saturated rings. The number of phenols is 1. The third kappa shape index (κ3) is 4.49. The molecule has 4 rings (SSSR count). The first-order valence-corrected chi connectivity index (χ1v) is 10.8. The van der Waals surface area contributed by atoms with Gasteiger partial charge in [0.1, 0.15) is 0 Å².